The first kappa shape index (κ1) is 12.5. The SMILES string of the molecule is CC(NC(=O)C(C)(C)CCl)c1ccsc1. The lowest BCUT2D eigenvalue weighted by atomic mass is 9.94. The van der Waals surface area contributed by atoms with Gasteiger partial charge in [-0.1, -0.05) is 0 Å². The lowest BCUT2D eigenvalue weighted by Gasteiger charge is -2.23. The summed E-state index contributed by atoms with van der Waals surface area (Å²) < 4.78 is 0. The number of rotatable bonds is 4. The second-order valence-electron chi connectivity index (χ2n) is 4.27. The van der Waals surface area contributed by atoms with E-state index in [1.54, 1.807) is 11.3 Å². The number of halogens is 1. The van der Waals surface area contributed by atoms with Gasteiger partial charge in [-0.25, -0.2) is 0 Å². The number of thiophene rings is 1. The molecule has 0 aromatic carbocycles. The lowest BCUT2D eigenvalue weighted by molar-refractivity contribution is -0.129. The Kier molecular flexibility index (Phi) is 4.17. The van der Waals surface area contributed by atoms with Crippen molar-refractivity contribution < 1.29 is 4.79 Å². The molecule has 0 radical (unpaired) electrons. The first-order chi connectivity index (χ1) is 6.97. The minimum Gasteiger partial charge on any atom is -0.349 e. The van der Waals surface area contributed by atoms with Crippen LogP contribution in [0.1, 0.15) is 32.4 Å². The molecular formula is C11H16ClNOS. The Hall–Kier alpha value is -0.540. The zero-order valence-electron chi connectivity index (χ0n) is 9.21. The molecule has 1 N–H and O–H groups in total. The van der Waals surface area contributed by atoms with E-state index >= 15 is 0 Å². The molecule has 15 heavy (non-hydrogen) atoms. The zero-order valence-corrected chi connectivity index (χ0v) is 10.8. The van der Waals surface area contributed by atoms with Gasteiger partial charge in [0.25, 0.3) is 0 Å². The van der Waals surface area contributed by atoms with Gasteiger partial charge in [-0.05, 0) is 43.2 Å². The number of carbonyl (C=O) groups is 1. The van der Waals surface area contributed by atoms with Crippen LogP contribution in [0.5, 0.6) is 0 Å². The summed E-state index contributed by atoms with van der Waals surface area (Å²) in [4.78, 5) is 11.8. The Balaban J connectivity index is 2.60. The molecule has 0 spiro atoms. The van der Waals surface area contributed by atoms with E-state index in [9.17, 15) is 4.79 Å². The molecule has 0 fully saturated rings. The second kappa shape index (κ2) is 4.99. The van der Waals surface area contributed by atoms with E-state index in [0.717, 1.165) is 5.56 Å². The summed E-state index contributed by atoms with van der Waals surface area (Å²) in [5.41, 5.74) is 0.630. The van der Waals surface area contributed by atoms with Gasteiger partial charge in [0.2, 0.25) is 5.91 Å². The molecule has 1 aromatic rings. The Morgan fingerprint density at radius 3 is 2.80 bits per heavy atom. The molecule has 1 rings (SSSR count). The van der Waals surface area contributed by atoms with Crippen molar-refractivity contribution in [3.63, 3.8) is 0 Å². The number of hydrogen-bond acceptors (Lipinski definition) is 2. The molecule has 1 heterocycles. The third kappa shape index (κ3) is 3.21. The van der Waals surface area contributed by atoms with E-state index < -0.39 is 5.41 Å². The lowest BCUT2D eigenvalue weighted by Crippen LogP contribution is -2.39. The Morgan fingerprint density at radius 2 is 2.33 bits per heavy atom. The third-order valence-corrected chi connectivity index (χ3v) is 3.71. The van der Waals surface area contributed by atoms with Gasteiger partial charge < -0.3 is 5.32 Å². The fraction of sp³-hybridized carbons (Fsp3) is 0.545. The third-order valence-electron chi connectivity index (χ3n) is 2.34. The van der Waals surface area contributed by atoms with Crippen LogP contribution in [0.3, 0.4) is 0 Å². The molecule has 1 amide bonds. The van der Waals surface area contributed by atoms with E-state index in [1.807, 2.05) is 37.6 Å². The minimum absolute atomic E-state index is 0.00352. The summed E-state index contributed by atoms with van der Waals surface area (Å²) in [6.45, 7) is 5.66. The summed E-state index contributed by atoms with van der Waals surface area (Å²) in [5, 5.41) is 7.00. The summed E-state index contributed by atoms with van der Waals surface area (Å²) in [6.07, 6.45) is 0. The number of alkyl halides is 1. The molecule has 2 nitrogen and oxygen atoms in total. The fourth-order valence-electron chi connectivity index (χ4n) is 1.06. The highest BCUT2D eigenvalue weighted by atomic mass is 35.5. The molecule has 0 bridgehead atoms. The molecule has 0 aliphatic carbocycles. The van der Waals surface area contributed by atoms with Gasteiger partial charge in [-0.15, -0.1) is 11.6 Å². The molecule has 0 aliphatic heterocycles. The number of hydrogen-bond donors (Lipinski definition) is 1. The van der Waals surface area contributed by atoms with E-state index in [2.05, 4.69) is 5.32 Å². The highest BCUT2D eigenvalue weighted by molar-refractivity contribution is 7.07. The highest BCUT2D eigenvalue weighted by Crippen LogP contribution is 2.21. The van der Waals surface area contributed by atoms with Crippen LogP contribution in [0.4, 0.5) is 0 Å². The molecule has 4 heteroatoms. The predicted molar refractivity (Wildman–Crippen MR) is 65.4 cm³/mol. The maximum atomic E-state index is 11.8. The van der Waals surface area contributed by atoms with E-state index in [1.165, 1.54) is 0 Å². The first-order valence-electron chi connectivity index (χ1n) is 4.86. The standard InChI is InChI=1S/C11H16ClNOS/c1-8(9-4-5-15-6-9)13-10(14)11(2,3)7-12/h4-6,8H,7H2,1-3H3,(H,13,14). The molecule has 0 aliphatic rings. The summed E-state index contributed by atoms with van der Waals surface area (Å²) >= 11 is 7.37. The summed E-state index contributed by atoms with van der Waals surface area (Å²) in [7, 11) is 0. The van der Waals surface area contributed by atoms with Crippen LogP contribution in [0.15, 0.2) is 16.8 Å². The molecule has 1 atom stereocenters. The number of amides is 1. The van der Waals surface area contributed by atoms with Crippen LogP contribution in [-0.4, -0.2) is 11.8 Å². The Labute approximate surface area is 99.6 Å². The van der Waals surface area contributed by atoms with Crippen LogP contribution in [0, 0.1) is 5.41 Å². The average Bonchev–Trinajstić information content (AvgIpc) is 2.70. The Morgan fingerprint density at radius 1 is 1.67 bits per heavy atom. The van der Waals surface area contributed by atoms with E-state index in [4.69, 9.17) is 11.6 Å². The molecule has 84 valence electrons. The fourth-order valence-corrected chi connectivity index (χ4v) is 1.93. The molecule has 1 aromatic heterocycles. The van der Waals surface area contributed by atoms with Gasteiger partial charge in [-0.3, -0.25) is 4.79 Å². The van der Waals surface area contributed by atoms with Crippen LogP contribution in [-0.2, 0) is 4.79 Å². The summed E-state index contributed by atoms with van der Waals surface area (Å²) in [6, 6.07) is 2.06. The smallest absolute Gasteiger partial charge is 0.227 e. The average molecular weight is 246 g/mol. The van der Waals surface area contributed by atoms with Gasteiger partial charge in [0.1, 0.15) is 0 Å². The predicted octanol–water partition coefficient (Wildman–Crippen LogP) is 3.19. The molecule has 1 unspecified atom stereocenters. The van der Waals surface area contributed by atoms with Gasteiger partial charge in [0, 0.05) is 5.88 Å². The van der Waals surface area contributed by atoms with Gasteiger partial charge in [0.05, 0.1) is 11.5 Å². The van der Waals surface area contributed by atoms with Crippen LogP contribution in [0.2, 0.25) is 0 Å². The van der Waals surface area contributed by atoms with Crippen molar-refractivity contribution in [2.24, 2.45) is 5.41 Å². The Bertz CT molecular complexity index is 321. The number of nitrogens with one attached hydrogen (secondary N) is 1. The summed E-state index contributed by atoms with van der Waals surface area (Å²) in [5.74, 6) is 0.325. The van der Waals surface area contributed by atoms with Crippen molar-refractivity contribution in [2.45, 2.75) is 26.8 Å². The molecular weight excluding hydrogens is 230 g/mol. The van der Waals surface area contributed by atoms with Crippen molar-refractivity contribution in [1.82, 2.24) is 5.32 Å². The van der Waals surface area contributed by atoms with Crippen molar-refractivity contribution in [1.29, 1.82) is 0 Å². The first-order valence-corrected chi connectivity index (χ1v) is 6.34. The van der Waals surface area contributed by atoms with Gasteiger partial charge in [-0.2, -0.15) is 11.3 Å². The van der Waals surface area contributed by atoms with Crippen molar-refractivity contribution in [3.05, 3.63) is 22.4 Å². The van der Waals surface area contributed by atoms with E-state index in [0.29, 0.717) is 5.88 Å². The monoisotopic (exact) mass is 245 g/mol. The van der Waals surface area contributed by atoms with Gasteiger partial charge in [0.15, 0.2) is 0 Å². The largest absolute Gasteiger partial charge is 0.349 e. The van der Waals surface area contributed by atoms with Crippen LogP contribution in [0.25, 0.3) is 0 Å². The maximum absolute atomic E-state index is 11.8. The van der Waals surface area contributed by atoms with Crippen molar-refractivity contribution >= 4 is 28.8 Å². The maximum Gasteiger partial charge on any atom is 0.227 e. The quantitative estimate of drug-likeness (QED) is 0.811. The molecule has 0 saturated heterocycles. The van der Waals surface area contributed by atoms with Crippen molar-refractivity contribution in [2.75, 3.05) is 5.88 Å². The zero-order chi connectivity index (χ0) is 11.5. The minimum atomic E-state index is -0.508. The highest BCUT2D eigenvalue weighted by Gasteiger charge is 2.27. The van der Waals surface area contributed by atoms with E-state index in [-0.39, 0.29) is 11.9 Å². The van der Waals surface area contributed by atoms with Crippen LogP contribution >= 0.6 is 22.9 Å². The molecule has 0 saturated carbocycles. The van der Waals surface area contributed by atoms with Crippen molar-refractivity contribution in [3.8, 4) is 0 Å². The van der Waals surface area contributed by atoms with Crippen LogP contribution < -0.4 is 5.32 Å². The normalized spacial score (nSPS) is 13.6. The number of carbonyl (C=O) groups excluding carboxylic acids is 1. The van der Waals surface area contributed by atoms with Gasteiger partial charge >= 0.3 is 0 Å². The topological polar surface area (TPSA) is 29.1 Å². The second-order valence-corrected chi connectivity index (χ2v) is 5.32.